The molecule has 0 aliphatic heterocycles. The molecule has 0 bridgehead atoms. The number of carbonyl (C=O) groups is 3. The number of carbonyl (C=O) groups excluding carboxylic acids is 3. The number of aliphatic carboxylic acids is 2. The van der Waals surface area contributed by atoms with Crippen molar-refractivity contribution < 1.29 is 33.7 Å². The standard InChI is InChI=1S/C5H11N2O2P.C5H6O5/c1-4-9-10(8,5-6)7(2)3;6-3(5(9)10)1-2-4(7)8/h4H2,1-3H3;1-2H2,(H,7,8)(H,9,10)/p-2. The van der Waals surface area contributed by atoms with E-state index in [0.29, 0.717) is 6.61 Å². The van der Waals surface area contributed by atoms with Crippen LogP contribution < -0.4 is 10.2 Å². The van der Waals surface area contributed by atoms with Crippen LogP contribution in [0.1, 0.15) is 19.8 Å². The molecule has 0 saturated heterocycles. The summed E-state index contributed by atoms with van der Waals surface area (Å²) in [5.74, 6) is -2.89. The van der Waals surface area contributed by atoms with Crippen molar-refractivity contribution >= 4 is 25.2 Å². The quantitative estimate of drug-likeness (QED) is 0.387. The van der Waals surface area contributed by atoms with E-state index in [-0.39, 0.29) is 0 Å². The topological polar surface area (TPSA) is 151 Å². The highest BCUT2D eigenvalue weighted by Gasteiger charge is 2.24. The molecular weight excluding hydrogens is 291 g/mol. The lowest BCUT2D eigenvalue weighted by Crippen LogP contribution is -2.33. The van der Waals surface area contributed by atoms with E-state index in [1.165, 1.54) is 4.67 Å². The predicted octanol–water partition coefficient (Wildman–Crippen LogP) is -1.91. The fourth-order valence-electron chi connectivity index (χ4n) is 0.726. The van der Waals surface area contributed by atoms with Crippen LogP contribution in [0.3, 0.4) is 0 Å². The number of hydrogen-bond acceptors (Lipinski definition) is 8. The van der Waals surface area contributed by atoms with Gasteiger partial charge in [-0.15, -0.1) is 0 Å². The van der Waals surface area contributed by atoms with Gasteiger partial charge in [0.25, 0.3) is 0 Å². The van der Waals surface area contributed by atoms with E-state index < -0.39 is 38.1 Å². The zero-order valence-electron chi connectivity index (χ0n) is 11.3. The van der Waals surface area contributed by atoms with Gasteiger partial charge in [0.2, 0.25) is 0 Å². The number of nitriles is 1. The lowest BCUT2D eigenvalue weighted by molar-refractivity contribution is -0.306. The lowest BCUT2D eigenvalue weighted by Gasteiger charge is -2.15. The summed E-state index contributed by atoms with van der Waals surface area (Å²) in [5.41, 5.74) is 0. The minimum atomic E-state index is -3.13. The molecule has 0 fully saturated rings. The highest BCUT2D eigenvalue weighted by atomic mass is 31.2. The largest absolute Gasteiger partial charge is 0.550 e. The van der Waals surface area contributed by atoms with Gasteiger partial charge in [-0.05, 0) is 27.4 Å². The first-order chi connectivity index (χ1) is 9.10. The molecule has 0 aromatic heterocycles. The SMILES string of the molecule is CCOP(=O)(C#N)N(C)C.O=C([O-])CCC(=O)C(=O)[O-]. The molecule has 114 valence electrons. The Morgan fingerprint density at radius 3 is 1.95 bits per heavy atom. The molecule has 0 saturated carbocycles. The molecule has 9 nitrogen and oxygen atoms in total. The minimum absolute atomic E-state index is 0.295. The third-order valence-electron chi connectivity index (χ3n) is 1.74. The average molecular weight is 306 g/mol. The number of hydrogen-bond donors (Lipinski definition) is 0. The maximum absolute atomic E-state index is 11.2. The van der Waals surface area contributed by atoms with E-state index in [0.717, 1.165) is 0 Å². The van der Waals surface area contributed by atoms with Crippen LogP contribution in [0.4, 0.5) is 0 Å². The Hall–Kier alpha value is -1.75. The van der Waals surface area contributed by atoms with Crippen LogP contribution in [-0.2, 0) is 23.5 Å². The van der Waals surface area contributed by atoms with Gasteiger partial charge in [0.15, 0.2) is 11.6 Å². The lowest BCUT2D eigenvalue weighted by atomic mass is 10.2. The van der Waals surface area contributed by atoms with Crippen molar-refractivity contribution in [3.8, 4) is 5.81 Å². The summed E-state index contributed by atoms with van der Waals surface area (Å²) >= 11 is 0. The molecule has 0 aromatic rings. The normalized spacial score (nSPS) is 12.6. The fraction of sp³-hybridized carbons (Fsp3) is 0.600. The summed E-state index contributed by atoms with van der Waals surface area (Å²) in [6.45, 7) is 2.00. The summed E-state index contributed by atoms with van der Waals surface area (Å²) in [6.07, 6.45) is -1.14. The average Bonchev–Trinajstić information content (AvgIpc) is 2.36. The van der Waals surface area contributed by atoms with E-state index >= 15 is 0 Å². The first kappa shape index (κ1) is 20.6. The summed E-state index contributed by atoms with van der Waals surface area (Å²) in [4.78, 5) is 29.4. The second-order valence-electron chi connectivity index (χ2n) is 3.47. The number of carboxylic acid groups (broad SMARTS) is 2. The zero-order valence-corrected chi connectivity index (χ0v) is 12.2. The maximum Gasteiger partial charge on any atom is 0.370 e. The number of Topliss-reactive ketones (excluding diaryl/α,β-unsaturated/α-hetero) is 1. The number of nitrogens with zero attached hydrogens (tertiary/aromatic N) is 2. The molecule has 10 heteroatoms. The molecule has 1 atom stereocenters. The second-order valence-corrected chi connectivity index (χ2v) is 5.77. The van der Waals surface area contributed by atoms with Gasteiger partial charge in [0.05, 0.1) is 6.61 Å². The molecular formula is C10H15N2O7P-2. The molecule has 0 aliphatic rings. The second kappa shape index (κ2) is 10.1. The highest BCUT2D eigenvalue weighted by Crippen LogP contribution is 2.46. The molecule has 0 N–H and O–H groups in total. The van der Waals surface area contributed by atoms with Crippen LogP contribution >= 0.6 is 7.52 Å². The number of carboxylic acids is 2. The Kier molecular flexibility index (Phi) is 10.4. The summed E-state index contributed by atoms with van der Waals surface area (Å²) < 4.78 is 17.3. The van der Waals surface area contributed by atoms with Gasteiger partial charge in [-0.2, -0.15) is 5.26 Å². The predicted molar refractivity (Wildman–Crippen MR) is 62.8 cm³/mol. The Morgan fingerprint density at radius 2 is 1.75 bits per heavy atom. The van der Waals surface area contributed by atoms with Crippen molar-refractivity contribution in [2.45, 2.75) is 19.8 Å². The molecule has 0 spiro atoms. The first-order valence-corrected chi connectivity index (χ1v) is 6.96. The fourth-order valence-corrected chi connectivity index (χ4v) is 1.54. The van der Waals surface area contributed by atoms with Crippen LogP contribution in [0.2, 0.25) is 0 Å². The highest BCUT2D eigenvalue weighted by molar-refractivity contribution is 7.61. The van der Waals surface area contributed by atoms with Gasteiger partial charge in [-0.3, -0.25) is 9.36 Å². The first-order valence-electron chi connectivity index (χ1n) is 5.38. The molecule has 0 heterocycles. The molecule has 1 unspecified atom stereocenters. The molecule has 0 rings (SSSR count). The number of ketones is 1. The monoisotopic (exact) mass is 306 g/mol. The van der Waals surface area contributed by atoms with Crippen molar-refractivity contribution in [2.24, 2.45) is 0 Å². The van der Waals surface area contributed by atoms with Gasteiger partial charge >= 0.3 is 7.52 Å². The van der Waals surface area contributed by atoms with Gasteiger partial charge in [0, 0.05) is 12.4 Å². The van der Waals surface area contributed by atoms with Gasteiger partial charge in [-0.25, -0.2) is 4.67 Å². The summed E-state index contributed by atoms with van der Waals surface area (Å²) in [7, 11) is -0.0229. The Morgan fingerprint density at radius 1 is 1.25 bits per heavy atom. The van der Waals surface area contributed by atoms with Crippen LogP contribution in [-0.4, -0.2) is 43.1 Å². The van der Waals surface area contributed by atoms with E-state index in [4.69, 9.17) is 9.79 Å². The Balaban J connectivity index is 0. The van der Waals surface area contributed by atoms with Crippen LogP contribution in [0, 0.1) is 11.1 Å². The van der Waals surface area contributed by atoms with Crippen molar-refractivity contribution in [1.29, 1.82) is 5.26 Å². The van der Waals surface area contributed by atoms with E-state index in [9.17, 15) is 29.2 Å². The Bertz CT molecular complexity index is 441. The molecule has 0 radical (unpaired) electrons. The van der Waals surface area contributed by atoms with Gasteiger partial charge < -0.3 is 24.3 Å². The van der Waals surface area contributed by atoms with Crippen LogP contribution in [0.5, 0.6) is 0 Å². The van der Waals surface area contributed by atoms with Crippen molar-refractivity contribution in [3.05, 3.63) is 0 Å². The summed E-state index contributed by atoms with van der Waals surface area (Å²) in [6, 6.07) is 0. The molecule has 0 aliphatic carbocycles. The molecule has 0 amide bonds. The smallest absolute Gasteiger partial charge is 0.370 e. The van der Waals surface area contributed by atoms with Gasteiger partial charge in [0.1, 0.15) is 5.97 Å². The van der Waals surface area contributed by atoms with E-state index in [1.807, 2.05) is 0 Å². The maximum atomic E-state index is 11.2. The van der Waals surface area contributed by atoms with Crippen molar-refractivity contribution in [1.82, 2.24) is 4.67 Å². The van der Waals surface area contributed by atoms with Crippen molar-refractivity contribution in [3.63, 3.8) is 0 Å². The molecule has 0 aromatic carbocycles. The van der Waals surface area contributed by atoms with Crippen molar-refractivity contribution in [2.75, 3.05) is 20.7 Å². The number of rotatable bonds is 7. The Labute approximate surface area is 116 Å². The van der Waals surface area contributed by atoms with E-state index in [1.54, 1.807) is 26.8 Å². The zero-order chi connectivity index (χ0) is 16.3. The van der Waals surface area contributed by atoms with Crippen LogP contribution in [0.25, 0.3) is 0 Å². The third-order valence-corrected chi connectivity index (χ3v) is 3.66. The summed E-state index contributed by atoms with van der Waals surface area (Å²) in [5, 5.41) is 27.7. The van der Waals surface area contributed by atoms with Crippen LogP contribution in [0.15, 0.2) is 0 Å². The molecule has 20 heavy (non-hydrogen) atoms. The van der Waals surface area contributed by atoms with E-state index in [2.05, 4.69) is 0 Å². The minimum Gasteiger partial charge on any atom is -0.550 e. The third kappa shape index (κ3) is 9.22. The van der Waals surface area contributed by atoms with Gasteiger partial charge in [-0.1, -0.05) is 0 Å².